The number of alkyl carbamates (subject to hydrolysis) is 1. The van der Waals surface area contributed by atoms with Crippen LogP contribution in [0.4, 0.5) is 18.0 Å². The smallest absolute Gasteiger partial charge is 0.416 e. The van der Waals surface area contributed by atoms with Gasteiger partial charge in [0, 0.05) is 17.8 Å². The van der Waals surface area contributed by atoms with Crippen LogP contribution in [0.3, 0.4) is 0 Å². The second kappa shape index (κ2) is 9.58. The summed E-state index contributed by atoms with van der Waals surface area (Å²) in [5, 5.41) is 14.5. The van der Waals surface area contributed by atoms with Crippen LogP contribution in [0.25, 0.3) is 0 Å². The number of aromatic nitrogens is 1. The van der Waals surface area contributed by atoms with Crippen LogP contribution in [0.1, 0.15) is 49.0 Å². The van der Waals surface area contributed by atoms with E-state index >= 15 is 0 Å². The number of nitrogens with one attached hydrogen (secondary N) is 1. The molecule has 9 heteroatoms. The highest BCUT2D eigenvalue weighted by Crippen LogP contribution is 2.29. The van der Waals surface area contributed by atoms with Gasteiger partial charge in [-0.3, -0.25) is 0 Å². The highest BCUT2D eigenvalue weighted by Gasteiger charge is 2.30. The molecule has 160 valence electrons. The second-order valence-corrected chi connectivity index (χ2v) is 8.61. The van der Waals surface area contributed by atoms with Gasteiger partial charge in [-0.15, -0.1) is 11.3 Å². The lowest BCUT2D eigenvalue weighted by Crippen LogP contribution is -2.40. The molecule has 0 aliphatic carbocycles. The molecule has 1 aromatic heterocycles. The van der Waals surface area contributed by atoms with E-state index in [-0.39, 0.29) is 12.6 Å². The van der Waals surface area contributed by atoms with Crippen molar-refractivity contribution in [3.8, 4) is 0 Å². The maximum Gasteiger partial charge on any atom is 0.416 e. The van der Waals surface area contributed by atoms with Crippen LogP contribution < -0.4 is 5.32 Å². The number of alkyl halides is 3. The van der Waals surface area contributed by atoms with Crippen LogP contribution in [-0.2, 0) is 30.4 Å². The summed E-state index contributed by atoms with van der Waals surface area (Å²) in [6, 6.07) is 4.56. The van der Waals surface area contributed by atoms with Crippen LogP contribution in [0.2, 0.25) is 0 Å². The van der Waals surface area contributed by atoms with Crippen molar-refractivity contribution in [2.24, 2.45) is 0 Å². The van der Waals surface area contributed by atoms with E-state index < -0.39 is 23.4 Å². The normalized spacial score (nSPS) is 13.2. The number of hydrogen-bond donors (Lipinski definition) is 2. The zero-order valence-electron chi connectivity index (χ0n) is 16.5. The number of halogens is 3. The number of hydrogen-bond acceptors (Lipinski definition) is 5. The van der Waals surface area contributed by atoms with E-state index in [4.69, 9.17) is 9.84 Å². The molecule has 0 fully saturated rings. The number of benzene rings is 1. The van der Waals surface area contributed by atoms with Gasteiger partial charge in [0.25, 0.3) is 0 Å². The summed E-state index contributed by atoms with van der Waals surface area (Å²) in [4.78, 5) is 16.5. The molecule has 0 spiro atoms. The van der Waals surface area contributed by atoms with Crippen molar-refractivity contribution in [1.82, 2.24) is 10.3 Å². The Balaban J connectivity index is 2.07. The lowest BCUT2D eigenvalue weighted by atomic mass is 10.0. The van der Waals surface area contributed by atoms with E-state index in [0.717, 1.165) is 17.1 Å². The van der Waals surface area contributed by atoms with Gasteiger partial charge >= 0.3 is 12.3 Å². The second-order valence-electron chi connectivity index (χ2n) is 7.67. The lowest BCUT2D eigenvalue weighted by molar-refractivity contribution is -0.137. The van der Waals surface area contributed by atoms with Crippen molar-refractivity contribution in [3.63, 3.8) is 0 Å². The lowest BCUT2D eigenvalue weighted by Gasteiger charge is -2.24. The number of ether oxygens (including phenoxy) is 1. The van der Waals surface area contributed by atoms with Crippen LogP contribution in [-0.4, -0.2) is 27.8 Å². The first-order valence-corrected chi connectivity index (χ1v) is 10.0. The molecule has 0 saturated carbocycles. The fourth-order valence-corrected chi connectivity index (χ4v) is 3.45. The Hall–Kier alpha value is -2.13. The first kappa shape index (κ1) is 23.2. The van der Waals surface area contributed by atoms with E-state index in [9.17, 15) is 18.0 Å². The average Bonchev–Trinajstić information content (AvgIpc) is 3.06. The van der Waals surface area contributed by atoms with Gasteiger partial charge in [0.05, 0.1) is 22.9 Å². The van der Waals surface area contributed by atoms with Crippen molar-refractivity contribution in [2.75, 3.05) is 0 Å². The largest absolute Gasteiger partial charge is 0.444 e. The molecule has 1 atom stereocenters. The third-order valence-corrected chi connectivity index (χ3v) is 4.91. The first-order chi connectivity index (χ1) is 13.5. The molecular formula is C20H25F3N2O3S. The van der Waals surface area contributed by atoms with Gasteiger partial charge < -0.3 is 15.2 Å². The minimum atomic E-state index is -4.39. The summed E-state index contributed by atoms with van der Waals surface area (Å²) in [6.45, 7) is 5.12. The molecule has 29 heavy (non-hydrogen) atoms. The van der Waals surface area contributed by atoms with Gasteiger partial charge in [0.2, 0.25) is 0 Å². The maximum absolute atomic E-state index is 12.8. The SMILES string of the molecule is CC(C)(C)OC(=O)NC(CCc1nc(CO)cs1)Cc1ccc(C(F)(F)F)cc1. The molecule has 0 bridgehead atoms. The number of aliphatic hydroxyl groups excluding tert-OH is 1. The number of aryl methyl sites for hydroxylation is 1. The molecule has 2 rings (SSSR count). The number of carbonyl (C=O) groups excluding carboxylic acids is 1. The molecule has 2 N–H and O–H groups in total. The van der Waals surface area contributed by atoms with Gasteiger partial charge in [-0.1, -0.05) is 12.1 Å². The third kappa shape index (κ3) is 8.02. The fourth-order valence-electron chi connectivity index (χ4n) is 2.65. The number of nitrogens with zero attached hydrogens (tertiary/aromatic N) is 1. The number of thiazole rings is 1. The minimum Gasteiger partial charge on any atom is -0.444 e. The topological polar surface area (TPSA) is 71.5 Å². The van der Waals surface area contributed by atoms with Crippen LogP contribution >= 0.6 is 11.3 Å². The van der Waals surface area contributed by atoms with E-state index in [1.807, 2.05) is 0 Å². The molecule has 1 heterocycles. The van der Waals surface area contributed by atoms with E-state index in [0.29, 0.717) is 30.5 Å². The molecule has 1 amide bonds. The van der Waals surface area contributed by atoms with Crippen LogP contribution in [0.15, 0.2) is 29.6 Å². The highest BCUT2D eigenvalue weighted by atomic mass is 32.1. The molecule has 2 aromatic rings. The summed E-state index contributed by atoms with van der Waals surface area (Å²) < 4.78 is 43.6. The Kier molecular flexibility index (Phi) is 7.65. The summed E-state index contributed by atoms with van der Waals surface area (Å²) >= 11 is 1.42. The van der Waals surface area contributed by atoms with Crippen molar-refractivity contribution in [2.45, 2.75) is 64.5 Å². The predicted molar refractivity (Wildman–Crippen MR) is 105 cm³/mol. The maximum atomic E-state index is 12.8. The Morgan fingerprint density at radius 2 is 1.90 bits per heavy atom. The Bertz CT molecular complexity index is 799. The van der Waals surface area contributed by atoms with Gasteiger partial charge in [0.1, 0.15) is 5.60 Å². The van der Waals surface area contributed by atoms with Crippen molar-refractivity contribution in [3.05, 3.63) is 51.5 Å². The summed E-state index contributed by atoms with van der Waals surface area (Å²) in [5.41, 5.74) is -0.107. The van der Waals surface area contributed by atoms with Crippen LogP contribution in [0, 0.1) is 0 Å². The number of aliphatic hydroxyl groups is 1. The molecule has 1 aromatic carbocycles. The van der Waals surface area contributed by atoms with Crippen molar-refractivity contribution >= 4 is 17.4 Å². The summed E-state index contributed by atoms with van der Waals surface area (Å²) in [6.07, 6.45) is -3.52. The van der Waals surface area contributed by atoms with E-state index in [1.54, 1.807) is 26.2 Å². The number of carbonyl (C=O) groups is 1. The van der Waals surface area contributed by atoms with Gasteiger partial charge in [-0.25, -0.2) is 9.78 Å². The monoisotopic (exact) mass is 430 g/mol. The zero-order valence-corrected chi connectivity index (χ0v) is 17.4. The number of amides is 1. The van der Waals surface area contributed by atoms with Gasteiger partial charge in [-0.05, 0) is 51.3 Å². The Morgan fingerprint density at radius 3 is 2.41 bits per heavy atom. The standard InChI is InChI=1S/C20H25F3N2O3S/c1-19(2,3)28-18(27)25-15(8-9-17-24-16(11-26)12-29-17)10-13-4-6-14(7-5-13)20(21,22)23/h4-7,12,15,26H,8-11H2,1-3H3,(H,25,27). The van der Waals surface area contributed by atoms with Gasteiger partial charge in [-0.2, -0.15) is 13.2 Å². The third-order valence-electron chi connectivity index (χ3n) is 3.95. The summed E-state index contributed by atoms with van der Waals surface area (Å²) in [7, 11) is 0. The van der Waals surface area contributed by atoms with Crippen LogP contribution in [0.5, 0.6) is 0 Å². The average molecular weight is 430 g/mol. The Labute approximate surface area is 171 Å². The van der Waals surface area contributed by atoms with Gasteiger partial charge in [0.15, 0.2) is 0 Å². The number of rotatable bonds is 7. The minimum absolute atomic E-state index is 0.137. The predicted octanol–water partition coefficient (Wildman–Crippen LogP) is 4.72. The first-order valence-electron chi connectivity index (χ1n) is 9.16. The molecule has 0 aliphatic heterocycles. The molecule has 1 unspecified atom stereocenters. The zero-order chi connectivity index (χ0) is 21.7. The molecule has 0 aliphatic rings. The summed E-state index contributed by atoms with van der Waals surface area (Å²) in [5.74, 6) is 0. The van der Waals surface area contributed by atoms with E-state index in [2.05, 4.69) is 10.3 Å². The molecule has 5 nitrogen and oxygen atoms in total. The fraction of sp³-hybridized carbons (Fsp3) is 0.500. The van der Waals surface area contributed by atoms with Crippen molar-refractivity contribution < 1.29 is 27.8 Å². The highest BCUT2D eigenvalue weighted by molar-refractivity contribution is 7.09. The Morgan fingerprint density at radius 1 is 1.24 bits per heavy atom. The van der Waals surface area contributed by atoms with Crippen molar-refractivity contribution in [1.29, 1.82) is 0 Å². The molecule has 0 saturated heterocycles. The molecular weight excluding hydrogens is 405 g/mol. The molecule has 0 radical (unpaired) electrons. The quantitative estimate of drug-likeness (QED) is 0.667. The van der Waals surface area contributed by atoms with E-state index in [1.165, 1.54) is 23.5 Å².